The molecule has 2 aromatic carbocycles. The van der Waals surface area contributed by atoms with Gasteiger partial charge in [-0.1, -0.05) is 29.8 Å². The van der Waals surface area contributed by atoms with Crippen molar-refractivity contribution in [1.82, 2.24) is 4.98 Å². The summed E-state index contributed by atoms with van der Waals surface area (Å²) in [4.78, 5) is 16.2. The van der Waals surface area contributed by atoms with Gasteiger partial charge in [0.2, 0.25) is 11.8 Å². The van der Waals surface area contributed by atoms with Crippen molar-refractivity contribution in [2.24, 2.45) is 11.7 Å². The van der Waals surface area contributed by atoms with Crippen LogP contribution >= 0.6 is 11.6 Å². The van der Waals surface area contributed by atoms with Gasteiger partial charge in [-0.3, -0.25) is 4.79 Å². The van der Waals surface area contributed by atoms with E-state index in [0.717, 1.165) is 24.6 Å². The van der Waals surface area contributed by atoms with Crippen LogP contribution in [-0.4, -0.2) is 23.6 Å². The van der Waals surface area contributed by atoms with Gasteiger partial charge in [-0.25, -0.2) is 9.37 Å². The molecule has 1 aliphatic rings. The van der Waals surface area contributed by atoms with Crippen molar-refractivity contribution in [3.05, 3.63) is 82.5 Å². The number of hydrogen-bond donors (Lipinski definition) is 2. The van der Waals surface area contributed by atoms with E-state index in [-0.39, 0.29) is 22.5 Å². The molecule has 1 amide bonds. The number of carbonyl (C=O) groups excluding carboxylic acids is 1. The Hall–Kier alpha value is -3.26. The zero-order valence-electron chi connectivity index (χ0n) is 20.4. The highest BCUT2D eigenvalue weighted by Crippen LogP contribution is 2.43. The molecular weight excluding hydrogens is 503 g/mol. The normalized spacial score (nSPS) is 18.7. The van der Waals surface area contributed by atoms with E-state index < -0.39 is 24.1 Å². The molecule has 1 unspecified atom stereocenters. The van der Waals surface area contributed by atoms with Gasteiger partial charge in [0.1, 0.15) is 5.75 Å². The third kappa shape index (κ3) is 6.36. The third-order valence-electron chi connectivity index (χ3n) is 6.97. The summed E-state index contributed by atoms with van der Waals surface area (Å²) < 4.78 is 47.0. The van der Waals surface area contributed by atoms with Crippen LogP contribution in [0, 0.1) is 5.92 Å². The van der Waals surface area contributed by atoms with E-state index in [1.54, 1.807) is 12.3 Å². The first kappa shape index (κ1) is 26.8. The van der Waals surface area contributed by atoms with Gasteiger partial charge < -0.3 is 15.8 Å². The largest absolute Gasteiger partial charge is 0.439 e. The van der Waals surface area contributed by atoms with Gasteiger partial charge in [0.25, 0.3) is 0 Å². The molecule has 37 heavy (non-hydrogen) atoms. The summed E-state index contributed by atoms with van der Waals surface area (Å²) >= 11 is 6.40. The monoisotopic (exact) mass is 531 g/mol. The maximum absolute atomic E-state index is 14.1. The lowest BCUT2D eigenvalue weighted by Gasteiger charge is -2.34. The molecule has 0 spiro atoms. The number of nitrogens with two attached hydrogens (primary N) is 1. The number of alkyl halides is 3. The number of primary amides is 1. The minimum Gasteiger partial charge on any atom is -0.439 e. The highest BCUT2D eigenvalue weighted by molar-refractivity contribution is 6.34. The Bertz CT molecular complexity index is 1220. The fraction of sp³-hybridized carbons (Fsp3) is 0.357. The predicted octanol–water partition coefficient (Wildman–Crippen LogP) is 7.46. The summed E-state index contributed by atoms with van der Waals surface area (Å²) in [5.41, 5.74) is 5.88. The van der Waals surface area contributed by atoms with Gasteiger partial charge in [0.05, 0.1) is 22.5 Å². The molecule has 9 heteroatoms. The summed E-state index contributed by atoms with van der Waals surface area (Å²) in [5.74, 6) is -3.21. The molecule has 1 fully saturated rings. The Morgan fingerprint density at radius 3 is 2.46 bits per heavy atom. The zero-order chi connectivity index (χ0) is 26.6. The summed E-state index contributed by atoms with van der Waals surface area (Å²) in [7, 11) is 0. The van der Waals surface area contributed by atoms with Crippen molar-refractivity contribution >= 4 is 23.2 Å². The number of hydrogen-bond acceptors (Lipinski definition) is 4. The van der Waals surface area contributed by atoms with Crippen LogP contribution in [0.1, 0.15) is 60.0 Å². The topological polar surface area (TPSA) is 77.2 Å². The summed E-state index contributed by atoms with van der Waals surface area (Å²) in [6.07, 6.45) is 4.77. The fourth-order valence-electron chi connectivity index (χ4n) is 4.86. The lowest BCUT2D eigenvalue weighted by atomic mass is 9.75. The van der Waals surface area contributed by atoms with Crippen LogP contribution < -0.4 is 15.8 Å². The van der Waals surface area contributed by atoms with E-state index in [9.17, 15) is 18.0 Å². The Kier molecular flexibility index (Phi) is 8.27. The van der Waals surface area contributed by atoms with Crippen LogP contribution in [0.25, 0.3) is 0 Å². The van der Waals surface area contributed by atoms with Crippen molar-refractivity contribution in [2.75, 3.05) is 12.0 Å². The minimum atomic E-state index is -3.71. The maximum Gasteiger partial charge on any atom is 0.301 e. The fourth-order valence-corrected chi connectivity index (χ4v) is 5.21. The van der Waals surface area contributed by atoms with Crippen molar-refractivity contribution in [1.29, 1.82) is 0 Å². The molecular formula is C28H29ClF3N3O2. The molecule has 0 radical (unpaired) electrons. The van der Waals surface area contributed by atoms with Crippen molar-refractivity contribution in [3.8, 4) is 11.6 Å². The summed E-state index contributed by atoms with van der Waals surface area (Å²) in [5, 5.41) is 3.56. The summed E-state index contributed by atoms with van der Waals surface area (Å²) in [6, 6.07) is 15.4. The molecule has 1 heterocycles. The average molecular weight is 532 g/mol. The third-order valence-corrected chi connectivity index (χ3v) is 7.39. The maximum atomic E-state index is 14.1. The van der Waals surface area contributed by atoms with E-state index in [2.05, 4.69) is 17.2 Å². The predicted molar refractivity (Wildman–Crippen MR) is 138 cm³/mol. The second kappa shape index (κ2) is 11.4. The van der Waals surface area contributed by atoms with E-state index in [1.807, 2.05) is 36.4 Å². The number of ether oxygens (including phenoxy) is 1. The highest BCUT2D eigenvalue weighted by Gasteiger charge is 2.35. The van der Waals surface area contributed by atoms with Crippen LogP contribution in [0.5, 0.6) is 11.6 Å². The van der Waals surface area contributed by atoms with E-state index in [0.29, 0.717) is 36.0 Å². The van der Waals surface area contributed by atoms with E-state index in [4.69, 9.17) is 22.1 Å². The van der Waals surface area contributed by atoms with E-state index >= 15 is 0 Å². The number of benzene rings is 2. The molecule has 3 N–H and O–H groups in total. The first-order valence-electron chi connectivity index (χ1n) is 12.2. The Morgan fingerprint density at radius 1 is 1.16 bits per heavy atom. The lowest BCUT2D eigenvalue weighted by Crippen LogP contribution is -2.29. The first-order valence-corrected chi connectivity index (χ1v) is 12.6. The molecule has 3 aromatic rings. The molecule has 1 saturated carbocycles. The van der Waals surface area contributed by atoms with Gasteiger partial charge in [0.15, 0.2) is 6.67 Å². The second-order valence-electron chi connectivity index (χ2n) is 9.47. The van der Waals surface area contributed by atoms with Crippen LogP contribution in [-0.2, 0) is 5.92 Å². The Balaban J connectivity index is 1.39. The number of pyridine rings is 1. The Labute approximate surface area is 219 Å². The number of para-hydroxylation sites is 1. The number of anilines is 1. The minimum absolute atomic E-state index is 0.0735. The quantitative estimate of drug-likeness (QED) is 0.300. The molecule has 0 saturated heterocycles. The molecule has 1 aromatic heterocycles. The number of halogens is 4. The molecule has 4 rings (SSSR count). The number of carbonyl (C=O) groups is 1. The first-order chi connectivity index (χ1) is 17.7. The average Bonchev–Trinajstić information content (AvgIpc) is 2.90. The molecule has 0 bridgehead atoms. The molecule has 196 valence electrons. The SMILES string of the molecule is CC(Nc1ccc(Oc2ccccc2)nc1)C1CCC(c2cc(C(F)(F)CF)cc(C(N)=O)c2Cl)CC1. The van der Waals surface area contributed by atoms with Crippen LogP contribution in [0.15, 0.2) is 60.8 Å². The number of aromatic nitrogens is 1. The second-order valence-corrected chi connectivity index (χ2v) is 9.85. The number of amides is 1. The van der Waals surface area contributed by atoms with Gasteiger partial charge in [-0.05, 0) is 80.3 Å². The molecule has 1 aliphatic carbocycles. The van der Waals surface area contributed by atoms with Gasteiger partial charge >= 0.3 is 5.92 Å². The van der Waals surface area contributed by atoms with Crippen LogP contribution in [0.2, 0.25) is 5.02 Å². The molecule has 0 aliphatic heterocycles. The summed E-state index contributed by atoms with van der Waals surface area (Å²) in [6.45, 7) is 0.233. The van der Waals surface area contributed by atoms with Gasteiger partial charge in [-0.2, -0.15) is 8.78 Å². The highest BCUT2D eigenvalue weighted by atomic mass is 35.5. The smallest absolute Gasteiger partial charge is 0.301 e. The number of nitrogens with zero attached hydrogens (tertiary/aromatic N) is 1. The van der Waals surface area contributed by atoms with Crippen molar-refractivity contribution in [2.45, 2.75) is 50.5 Å². The van der Waals surface area contributed by atoms with Crippen molar-refractivity contribution in [3.63, 3.8) is 0 Å². The zero-order valence-corrected chi connectivity index (χ0v) is 21.1. The number of rotatable bonds is 9. The van der Waals surface area contributed by atoms with Crippen LogP contribution in [0.3, 0.4) is 0 Å². The van der Waals surface area contributed by atoms with Crippen LogP contribution in [0.4, 0.5) is 18.9 Å². The standard InChI is InChI=1S/C28H29ClF3N3O2/c1-17(35-21-11-12-25(34-15-21)37-22-5-3-2-4-6-22)18-7-9-19(10-8-18)23-13-20(28(31,32)16-30)14-24(26(23)29)27(33)36/h2-6,11-15,17-19,35H,7-10,16H2,1H3,(H2,33,36). The van der Waals surface area contributed by atoms with Gasteiger partial charge in [-0.15, -0.1) is 0 Å². The van der Waals surface area contributed by atoms with E-state index in [1.165, 1.54) is 6.07 Å². The number of nitrogens with one attached hydrogen (secondary N) is 1. The van der Waals surface area contributed by atoms with Gasteiger partial charge in [0, 0.05) is 17.7 Å². The Morgan fingerprint density at radius 2 is 1.86 bits per heavy atom. The van der Waals surface area contributed by atoms with Crippen molar-refractivity contribution < 1.29 is 22.7 Å². The molecule has 1 atom stereocenters. The molecule has 5 nitrogen and oxygen atoms in total. The lowest BCUT2D eigenvalue weighted by molar-refractivity contribution is -0.0282.